The van der Waals surface area contributed by atoms with E-state index < -0.39 is 0 Å². The first-order chi connectivity index (χ1) is 9.41. The van der Waals surface area contributed by atoms with Gasteiger partial charge in [-0.3, -0.25) is 0 Å². The van der Waals surface area contributed by atoms with Crippen LogP contribution in [0.3, 0.4) is 0 Å². The lowest BCUT2D eigenvalue weighted by Gasteiger charge is -2.30. The van der Waals surface area contributed by atoms with Crippen molar-refractivity contribution in [3.05, 3.63) is 48.0 Å². The fraction of sp³-hybridized carbons (Fsp3) is 0.471. The van der Waals surface area contributed by atoms with E-state index in [4.69, 9.17) is 4.74 Å². The second-order valence-electron chi connectivity index (χ2n) is 5.93. The number of rotatable bonds is 8. The predicted octanol–water partition coefficient (Wildman–Crippen LogP) is 3.16. The SMILES string of the molecule is C=C(C)C(=O)OCCCC[N+](C)(C)Cc1ccccc1. The van der Waals surface area contributed by atoms with Gasteiger partial charge in [-0.15, -0.1) is 0 Å². The number of hydrogen-bond acceptors (Lipinski definition) is 2. The summed E-state index contributed by atoms with van der Waals surface area (Å²) in [5, 5.41) is 0. The standard InChI is InChI=1S/C17H26NO2/c1-15(2)17(19)20-13-9-8-12-18(3,4)14-16-10-6-5-7-11-16/h5-7,10-11H,1,8-9,12-14H2,2-4H3/q+1. The topological polar surface area (TPSA) is 26.3 Å². The van der Waals surface area contributed by atoms with E-state index in [2.05, 4.69) is 44.9 Å². The molecule has 0 fully saturated rings. The Morgan fingerprint density at radius 3 is 2.45 bits per heavy atom. The van der Waals surface area contributed by atoms with Crippen molar-refractivity contribution >= 4 is 5.97 Å². The maximum Gasteiger partial charge on any atom is 0.333 e. The molecule has 0 N–H and O–H groups in total. The Morgan fingerprint density at radius 2 is 1.85 bits per heavy atom. The average Bonchev–Trinajstić information content (AvgIpc) is 2.38. The van der Waals surface area contributed by atoms with Crippen molar-refractivity contribution in [2.45, 2.75) is 26.3 Å². The Bertz CT molecular complexity index is 438. The third-order valence-electron chi connectivity index (χ3n) is 3.19. The largest absolute Gasteiger partial charge is 0.462 e. The number of nitrogens with zero attached hydrogens (tertiary/aromatic N) is 1. The van der Waals surface area contributed by atoms with Gasteiger partial charge in [-0.25, -0.2) is 4.79 Å². The molecule has 3 heteroatoms. The highest BCUT2D eigenvalue weighted by molar-refractivity contribution is 5.86. The molecule has 0 aliphatic carbocycles. The van der Waals surface area contributed by atoms with Crippen molar-refractivity contribution in [2.75, 3.05) is 27.2 Å². The Labute approximate surface area is 122 Å². The van der Waals surface area contributed by atoms with Crippen molar-refractivity contribution in [1.29, 1.82) is 0 Å². The molecule has 0 aromatic heterocycles. The van der Waals surface area contributed by atoms with E-state index in [1.54, 1.807) is 6.92 Å². The van der Waals surface area contributed by atoms with E-state index in [0.29, 0.717) is 12.2 Å². The molecule has 20 heavy (non-hydrogen) atoms. The fourth-order valence-electron chi connectivity index (χ4n) is 2.09. The maximum absolute atomic E-state index is 11.2. The van der Waals surface area contributed by atoms with E-state index >= 15 is 0 Å². The highest BCUT2D eigenvalue weighted by atomic mass is 16.5. The average molecular weight is 276 g/mol. The van der Waals surface area contributed by atoms with Crippen molar-refractivity contribution in [1.82, 2.24) is 0 Å². The Hall–Kier alpha value is -1.61. The smallest absolute Gasteiger partial charge is 0.333 e. The zero-order chi connectivity index (χ0) is 15.0. The summed E-state index contributed by atoms with van der Waals surface area (Å²) in [7, 11) is 4.46. The van der Waals surface area contributed by atoms with Crippen molar-refractivity contribution in [2.24, 2.45) is 0 Å². The maximum atomic E-state index is 11.2. The molecule has 0 radical (unpaired) electrons. The molecule has 1 aromatic rings. The highest BCUT2D eigenvalue weighted by Gasteiger charge is 2.15. The van der Waals surface area contributed by atoms with Gasteiger partial charge < -0.3 is 9.22 Å². The van der Waals surface area contributed by atoms with Crippen LogP contribution in [0.15, 0.2) is 42.5 Å². The molecule has 0 aliphatic heterocycles. The molecule has 0 bridgehead atoms. The van der Waals surface area contributed by atoms with Gasteiger partial charge in [0.15, 0.2) is 0 Å². The van der Waals surface area contributed by atoms with Crippen LogP contribution in [0.25, 0.3) is 0 Å². The highest BCUT2D eigenvalue weighted by Crippen LogP contribution is 2.10. The molecule has 0 unspecified atom stereocenters. The first kappa shape index (κ1) is 16.4. The van der Waals surface area contributed by atoms with Gasteiger partial charge >= 0.3 is 5.97 Å². The van der Waals surface area contributed by atoms with Gasteiger partial charge in [-0.1, -0.05) is 36.9 Å². The quantitative estimate of drug-likeness (QED) is 0.315. The summed E-state index contributed by atoms with van der Waals surface area (Å²) < 4.78 is 6.03. The van der Waals surface area contributed by atoms with Crippen LogP contribution in [0.4, 0.5) is 0 Å². The van der Waals surface area contributed by atoms with Gasteiger partial charge in [-0.2, -0.15) is 0 Å². The number of quaternary nitrogens is 1. The lowest BCUT2D eigenvalue weighted by molar-refractivity contribution is -0.903. The van der Waals surface area contributed by atoms with Gasteiger partial charge in [0.25, 0.3) is 0 Å². The molecule has 1 aromatic carbocycles. The van der Waals surface area contributed by atoms with Gasteiger partial charge in [0.2, 0.25) is 0 Å². The van der Waals surface area contributed by atoms with Crippen LogP contribution in [0.2, 0.25) is 0 Å². The Kier molecular flexibility index (Phi) is 6.46. The van der Waals surface area contributed by atoms with Gasteiger partial charge in [-0.05, 0) is 19.8 Å². The first-order valence-electron chi connectivity index (χ1n) is 7.09. The minimum absolute atomic E-state index is 0.289. The van der Waals surface area contributed by atoms with E-state index in [0.717, 1.165) is 30.4 Å². The van der Waals surface area contributed by atoms with E-state index in [1.807, 2.05) is 6.07 Å². The summed E-state index contributed by atoms with van der Waals surface area (Å²) in [6.45, 7) is 7.80. The minimum atomic E-state index is -0.289. The van der Waals surface area contributed by atoms with Crippen LogP contribution in [0.5, 0.6) is 0 Å². The molecule has 0 amide bonds. The number of hydrogen-bond donors (Lipinski definition) is 0. The van der Waals surface area contributed by atoms with E-state index in [-0.39, 0.29) is 5.97 Å². The summed E-state index contributed by atoms with van der Waals surface area (Å²) in [5.74, 6) is -0.289. The molecular weight excluding hydrogens is 250 g/mol. The Balaban J connectivity index is 2.23. The van der Waals surface area contributed by atoms with Gasteiger partial charge in [0, 0.05) is 11.1 Å². The van der Waals surface area contributed by atoms with Crippen LogP contribution >= 0.6 is 0 Å². The molecule has 0 aliphatic rings. The van der Waals surface area contributed by atoms with Crippen LogP contribution < -0.4 is 0 Å². The molecule has 1 rings (SSSR count). The normalized spacial score (nSPS) is 11.2. The summed E-state index contributed by atoms with van der Waals surface area (Å²) in [6.07, 6.45) is 1.94. The third kappa shape index (κ3) is 6.53. The summed E-state index contributed by atoms with van der Waals surface area (Å²) in [5.41, 5.74) is 1.82. The first-order valence-corrected chi connectivity index (χ1v) is 7.09. The number of benzene rings is 1. The van der Waals surface area contributed by atoms with Crippen LogP contribution in [-0.2, 0) is 16.1 Å². The van der Waals surface area contributed by atoms with Crippen LogP contribution in [0, 0.1) is 0 Å². The van der Waals surface area contributed by atoms with Crippen molar-refractivity contribution < 1.29 is 14.0 Å². The molecule has 3 nitrogen and oxygen atoms in total. The number of esters is 1. The molecule has 0 heterocycles. The predicted molar refractivity (Wildman–Crippen MR) is 82.1 cm³/mol. The molecule has 0 saturated heterocycles. The second kappa shape index (κ2) is 7.85. The molecule has 110 valence electrons. The van der Waals surface area contributed by atoms with Crippen LogP contribution in [0.1, 0.15) is 25.3 Å². The van der Waals surface area contributed by atoms with Crippen molar-refractivity contribution in [3.63, 3.8) is 0 Å². The minimum Gasteiger partial charge on any atom is -0.462 e. The molecule has 0 saturated carbocycles. The lowest BCUT2D eigenvalue weighted by Crippen LogP contribution is -2.39. The number of carbonyl (C=O) groups excluding carboxylic acids is 1. The zero-order valence-corrected chi connectivity index (χ0v) is 12.9. The summed E-state index contributed by atoms with van der Waals surface area (Å²) in [6, 6.07) is 10.5. The molecule has 0 spiro atoms. The van der Waals surface area contributed by atoms with Crippen molar-refractivity contribution in [3.8, 4) is 0 Å². The monoisotopic (exact) mass is 276 g/mol. The second-order valence-corrected chi connectivity index (χ2v) is 5.93. The Morgan fingerprint density at radius 1 is 1.20 bits per heavy atom. The number of unbranched alkanes of at least 4 members (excludes halogenated alkanes) is 1. The molecular formula is C17H26NO2+. The van der Waals surface area contributed by atoms with E-state index in [1.165, 1.54) is 5.56 Å². The molecule has 0 atom stereocenters. The van der Waals surface area contributed by atoms with E-state index in [9.17, 15) is 4.79 Å². The lowest BCUT2D eigenvalue weighted by atomic mass is 10.2. The third-order valence-corrected chi connectivity index (χ3v) is 3.19. The summed E-state index contributed by atoms with van der Waals surface area (Å²) >= 11 is 0. The van der Waals surface area contributed by atoms with Crippen LogP contribution in [-0.4, -0.2) is 37.7 Å². The number of ether oxygens (including phenoxy) is 1. The zero-order valence-electron chi connectivity index (χ0n) is 12.9. The number of carbonyl (C=O) groups is 1. The van der Waals surface area contributed by atoms with Gasteiger partial charge in [0.05, 0.1) is 27.2 Å². The summed E-state index contributed by atoms with van der Waals surface area (Å²) in [4.78, 5) is 11.2. The fourth-order valence-corrected chi connectivity index (χ4v) is 2.09. The van der Waals surface area contributed by atoms with Gasteiger partial charge in [0.1, 0.15) is 6.54 Å².